The van der Waals surface area contributed by atoms with Crippen molar-refractivity contribution in [3.8, 4) is 5.75 Å². The lowest BCUT2D eigenvalue weighted by Crippen LogP contribution is -2.44. The molecule has 0 spiro atoms. The van der Waals surface area contributed by atoms with Gasteiger partial charge in [0, 0.05) is 36.1 Å². The van der Waals surface area contributed by atoms with Crippen molar-refractivity contribution < 1.29 is 23.8 Å². The van der Waals surface area contributed by atoms with Crippen molar-refractivity contribution in [1.82, 2.24) is 14.8 Å². The molecule has 45 heavy (non-hydrogen) atoms. The van der Waals surface area contributed by atoms with Crippen molar-refractivity contribution in [2.24, 2.45) is 0 Å². The van der Waals surface area contributed by atoms with Gasteiger partial charge in [-0.25, -0.2) is 9.59 Å². The Labute approximate surface area is 271 Å². The Morgan fingerprint density at radius 3 is 2.31 bits per heavy atom. The Kier molecular flexibility index (Phi) is 10.5. The van der Waals surface area contributed by atoms with Crippen LogP contribution in [0.25, 0.3) is 10.9 Å². The normalized spacial score (nSPS) is 12.1. The minimum atomic E-state index is -1.07. The van der Waals surface area contributed by atoms with E-state index < -0.39 is 23.3 Å². The van der Waals surface area contributed by atoms with Crippen molar-refractivity contribution >= 4 is 44.8 Å². The van der Waals surface area contributed by atoms with Crippen molar-refractivity contribution in [1.29, 1.82) is 0 Å². The maximum absolute atomic E-state index is 14.0. The molecule has 10 nitrogen and oxygen atoms in total. The number of nitrogens with zero attached hydrogens (tertiary/aromatic N) is 3. The minimum absolute atomic E-state index is 0.0748. The third kappa shape index (κ3) is 8.02. The molecule has 2 N–H and O–H groups in total. The zero-order valence-electron chi connectivity index (χ0n) is 26.4. The number of methoxy groups -OCH3 is 1. The summed E-state index contributed by atoms with van der Waals surface area (Å²) in [6.45, 7) is 10.1. The average Bonchev–Trinajstić information content (AvgIpc) is 3.00. The summed E-state index contributed by atoms with van der Waals surface area (Å²) in [6, 6.07) is 18.0. The summed E-state index contributed by atoms with van der Waals surface area (Å²) in [5.41, 5.74) is 2.14. The summed E-state index contributed by atoms with van der Waals surface area (Å²) in [5.74, 6) is 0.521. The summed E-state index contributed by atoms with van der Waals surface area (Å²) >= 11 is 3.54. The van der Waals surface area contributed by atoms with Gasteiger partial charge in [0.2, 0.25) is 5.91 Å². The molecule has 0 bridgehead atoms. The summed E-state index contributed by atoms with van der Waals surface area (Å²) in [7, 11) is 1.59. The van der Waals surface area contributed by atoms with Crippen LogP contribution in [0.15, 0.2) is 74.3 Å². The van der Waals surface area contributed by atoms with Crippen molar-refractivity contribution in [2.45, 2.75) is 65.7 Å². The monoisotopic (exact) mass is 678 g/mol. The molecule has 11 heteroatoms. The molecule has 0 radical (unpaired) electrons. The molecule has 3 aromatic carbocycles. The summed E-state index contributed by atoms with van der Waals surface area (Å²) in [4.78, 5) is 47.1. The molecule has 1 heterocycles. The van der Waals surface area contributed by atoms with Gasteiger partial charge in [-0.1, -0.05) is 42.5 Å². The molecule has 0 saturated heterocycles. The molecule has 0 aliphatic rings. The number of aryl methyl sites for hydroxylation is 1. The highest BCUT2D eigenvalue weighted by Crippen LogP contribution is 2.30. The number of nitrogens with one attached hydrogen (secondary N) is 1. The number of ether oxygens (including phenoxy) is 1. The molecule has 4 aromatic rings. The molecular formula is C34H39BrN4O6. The summed E-state index contributed by atoms with van der Waals surface area (Å²) < 4.78 is 11.5. The number of carboxylic acid groups (broad SMARTS) is 1. The van der Waals surface area contributed by atoms with Gasteiger partial charge in [-0.3, -0.25) is 9.69 Å². The number of benzene rings is 3. The van der Waals surface area contributed by atoms with E-state index in [9.17, 15) is 19.5 Å². The van der Waals surface area contributed by atoms with Gasteiger partial charge in [0.25, 0.3) is 6.01 Å². The number of aromatic nitrogens is 1. The second-order valence-electron chi connectivity index (χ2n) is 11.8. The number of fused-ring (bicyclic) bond motifs is 1. The van der Waals surface area contributed by atoms with Crippen LogP contribution >= 0.6 is 15.9 Å². The van der Waals surface area contributed by atoms with Crippen LogP contribution in [0.1, 0.15) is 49.9 Å². The fourth-order valence-electron chi connectivity index (χ4n) is 5.11. The number of halogens is 1. The standard InChI is InChI=1S/C34H39BrN4O6/c1-7-38(19-23-11-9-8-10-12-23)30(40)27(17-22-13-15-25(44-6)16-14-22)36-32-37-29-26(35)18-24(21(2)28(29)31(41)45-32)20-39(33(42)43)34(3,4)5/h8-16,18,27H,7,17,19-20H2,1-6H3,(H,36,37)(H,42,43)/t27-/m0/s1. The number of hydrogen-bond donors (Lipinski definition) is 2. The second kappa shape index (κ2) is 14.2. The average molecular weight is 680 g/mol. The van der Waals surface area contributed by atoms with Crippen LogP contribution in [-0.2, 0) is 24.3 Å². The van der Waals surface area contributed by atoms with E-state index in [0.29, 0.717) is 46.4 Å². The number of rotatable bonds is 11. The zero-order chi connectivity index (χ0) is 32.9. The fourth-order valence-corrected chi connectivity index (χ4v) is 5.68. The molecule has 1 aromatic heterocycles. The van der Waals surface area contributed by atoms with Crippen molar-refractivity contribution in [3.05, 3.63) is 97.8 Å². The summed E-state index contributed by atoms with van der Waals surface area (Å²) in [5, 5.41) is 13.2. The minimum Gasteiger partial charge on any atom is -0.497 e. The topological polar surface area (TPSA) is 125 Å². The Balaban J connectivity index is 1.71. The number of carbonyl (C=O) groups excluding carboxylic acids is 1. The number of anilines is 1. The quantitative estimate of drug-likeness (QED) is 0.181. The summed E-state index contributed by atoms with van der Waals surface area (Å²) in [6.07, 6.45) is -0.766. The van der Waals surface area contributed by atoms with E-state index in [1.165, 1.54) is 4.90 Å². The number of likely N-dealkylation sites (N-methyl/N-ethyl adjacent to an activating group) is 1. The van der Waals surface area contributed by atoms with E-state index in [0.717, 1.165) is 11.1 Å². The van der Waals surface area contributed by atoms with Crippen molar-refractivity contribution in [3.63, 3.8) is 0 Å². The first kappa shape index (κ1) is 33.5. The Bertz CT molecular complexity index is 1720. The highest BCUT2D eigenvalue weighted by molar-refractivity contribution is 9.10. The van der Waals surface area contributed by atoms with E-state index in [4.69, 9.17) is 9.15 Å². The zero-order valence-corrected chi connectivity index (χ0v) is 28.0. The van der Waals surface area contributed by atoms with Gasteiger partial charge in [0.15, 0.2) is 0 Å². The van der Waals surface area contributed by atoms with E-state index in [-0.39, 0.29) is 23.9 Å². The predicted molar refractivity (Wildman–Crippen MR) is 178 cm³/mol. The van der Waals surface area contributed by atoms with Gasteiger partial charge in [0.1, 0.15) is 11.8 Å². The van der Waals surface area contributed by atoms with Crippen LogP contribution < -0.4 is 15.7 Å². The predicted octanol–water partition coefficient (Wildman–Crippen LogP) is 6.62. The number of carbonyl (C=O) groups is 2. The third-order valence-electron chi connectivity index (χ3n) is 7.70. The van der Waals surface area contributed by atoms with E-state index in [1.54, 1.807) is 25.0 Å². The van der Waals surface area contributed by atoms with Crippen LogP contribution in [-0.4, -0.2) is 57.1 Å². The van der Waals surface area contributed by atoms with E-state index in [1.807, 2.05) is 82.3 Å². The van der Waals surface area contributed by atoms with Crippen molar-refractivity contribution in [2.75, 3.05) is 19.0 Å². The van der Waals surface area contributed by atoms with Crippen LogP contribution in [0.5, 0.6) is 5.75 Å². The highest BCUT2D eigenvalue weighted by Gasteiger charge is 2.29. The first-order valence-corrected chi connectivity index (χ1v) is 15.5. The third-order valence-corrected chi connectivity index (χ3v) is 8.31. The fraction of sp³-hybridized carbons (Fsp3) is 0.353. The first-order chi connectivity index (χ1) is 21.3. The van der Waals surface area contributed by atoms with Gasteiger partial charge >= 0.3 is 11.7 Å². The first-order valence-electron chi connectivity index (χ1n) is 14.7. The second-order valence-corrected chi connectivity index (χ2v) is 12.7. The SMILES string of the molecule is CCN(Cc1ccccc1)C(=O)[C@H](Cc1ccc(OC)cc1)Nc1nc2c(Br)cc(CN(C(=O)O)C(C)(C)C)c(C)c2c(=O)o1. The van der Waals surface area contributed by atoms with E-state index >= 15 is 0 Å². The van der Waals surface area contributed by atoms with Crippen LogP contribution in [0, 0.1) is 6.92 Å². The highest BCUT2D eigenvalue weighted by atomic mass is 79.9. The molecule has 238 valence electrons. The molecule has 2 amide bonds. The maximum atomic E-state index is 14.0. The molecule has 0 aliphatic carbocycles. The van der Waals surface area contributed by atoms with Gasteiger partial charge in [-0.15, -0.1) is 0 Å². The molecule has 0 aliphatic heterocycles. The lowest BCUT2D eigenvalue weighted by Gasteiger charge is -2.33. The van der Waals surface area contributed by atoms with Gasteiger partial charge in [0.05, 0.1) is 18.0 Å². The molecule has 0 unspecified atom stereocenters. The molecule has 0 fully saturated rings. The van der Waals surface area contributed by atoms with Gasteiger partial charge in [-0.05, 0) is 91.0 Å². The Morgan fingerprint density at radius 1 is 1.07 bits per heavy atom. The number of hydrogen-bond acceptors (Lipinski definition) is 7. The number of amides is 2. The van der Waals surface area contributed by atoms with Crippen LogP contribution in [0.4, 0.5) is 10.8 Å². The Morgan fingerprint density at radius 2 is 1.73 bits per heavy atom. The van der Waals surface area contributed by atoms with Crippen LogP contribution in [0.2, 0.25) is 0 Å². The molecule has 0 saturated carbocycles. The molecule has 4 rings (SSSR count). The van der Waals surface area contributed by atoms with E-state index in [2.05, 4.69) is 26.2 Å². The smallest absolute Gasteiger partial charge is 0.408 e. The van der Waals surface area contributed by atoms with Gasteiger partial charge < -0.3 is 24.5 Å². The lowest BCUT2D eigenvalue weighted by atomic mass is 10.0. The largest absolute Gasteiger partial charge is 0.497 e. The Hall–Kier alpha value is -4.38. The molecule has 1 atom stereocenters. The molecular weight excluding hydrogens is 640 g/mol. The lowest BCUT2D eigenvalue weighted by molar-refractivity contribution is -0.132. The maximum Gasteiger partial charge on any atom is 0.408 e. The van der Waals surface area contributed by atoms with Crippen LogP contribution in [0.3, 0.4) is 0 Å². The van der Waals surface area contributed by atoms with Gasteiger partial charge in [-0.2, -0.15) is 4.98 Å².